The van der Waals surface area contributed by atoms with Gasteiger partial charge in [0.2, 0.25) is 11.8 Å². The summed E-state index contributed by atoms with van der Waals surface area (Å²) in [6, 6.07) is 1.31. The Balaban J connectivity index is 1.86. The number of aryl methyl sites for hydroxylation is 1. The molecule has 1 aromatic heterocycles. The molecule has 0 aliphatic carbocycles. The summed E-state index contributed by atoms with van der Waals surface area (Å²) in [4.78, 5) is 34.5. The lowest BCUT2D eigenvalue weighted by molar-refractivity contribution is -0.133. The molecule has 0 saturated carbocycles. The smallest absolute Gasteiger partial charge is 0.407 e. The molecule has 0 spiro atoms. The van der Waals surface area contributed by atoms with Crippen molar-refractivity contribution >= 4 is 29.8 Å². The molecule has 1 atom stereocenters. The Kier molecular flexibility index (Phi) is 6.01. The second kappa shape index (κ2) is 8.03. The molecule has 2 heterocycles. The third kappa shape index (κ3) is 5.91. The lowest BCUT2D eigenvalue weighted by Gasteiger charge is -2.21. The molecular weight excluding hydrogens is 338 g/mol. The molecular formula is C17H25N5O4. The molecule has 1 unspecified atom stereocenters. The van der Waals surface area contributed by atoms with Crippen LogP contribution in [0.15, 0.2) is 12.1 Å². The van der Waals surface area contributed by atoms with Gasteiger partial charge in [-0.1, -0.05) is 6.08 Å². The number of hydrogen-bond acceptors (Lipinski definition) is 6. The van der Waals surface area contributed by atoms with E-state index in [0.29, 0.717) is 25.2 Å². The van der Waals surface area contributed by atoms with Gasteiger partial charge in [0.1, 0.15) is 17.5 Å². The zero-order valence-electron chi connectivity index (χ0n) is 15.5. The van der Waals surface area contributed by atoms with E-state index >= 15 is 0 Å². The number of rotatable bonds is 5. The predicted octanol–water partition coefficient (Wildman–Crippen LogP) is 1.18. The van der Waals surface area contributed by atoms with Gasteiger partial charge in [0.25, 0.3) is 0 Å². The fourth-order valence-corrected chi connectivity index (χ4v) is 2.35. The van der Waals surface area contributed by atoms with E-state index in [0.717, 1.165) is 5.69 Å². The maximum Gasteiger partial charge on any atom is 0.407 e. The molecule has 9 heteroatoms. The third-order valence-corrected chi connectivity index (χ3v) is 3.53. The van der Waals surface area contributed by atoms with Crippen LogP contribution in [0.2, 0.25) is 0 Å². The van der Waals surface area contributed by atoms with Gasteiger partial charge in [0, 0.05) is 26.1 Å². The molecule has 142 valence electrons. The van der Waals surface area contributed by atoms with E-state index in [2.05, 4.69) is 21.0 Å². The van der Waals surface area contributed by atoms with Crippen LogP contribution in [-0.4, -0.2) is 45.9 Å². The lowest BCUT2D eigenvalue weighted by Crippen LogP contribution is -2.47. The van der Waals surface area contributed by atoms with Gasteiger partial charge in [0.05, 0.1) is 5.69 Å². The van der Waals surface area contributed by atoms with E-state index in [1.807, 2.05) is 0 Å². The number of alkyl carbamates (subject to hydrolysis) is 1. The Morgan fingerprint density at radius 1 is 1.46 bits per heavy atom. The van der Waals surface area contributed by atoms with E-state index in [-0.39, 0.29) is 11.8 Å². The van der Waals surface area contributed by atoms with Gasteiger partial charge in [-0.25, -0.2) is 4.79 Å². The summed E-state index contributed by atoms with van der Waals surface area (Å²) in [6.45, 7) is 5.72. The Hall–Kier alpha value is -2.84. The summed E-state index contributed by atoms with van der Waals surface area (Å²) in [5.74, 6) is -0.0533. The van der Waals surface area contributed by atoms with Gasteiger partial charge in [0.15, 0.2) is 0 Å². The molecule has 3 amide bonds. The van der Waals surface area contributed by atoms with Crippen LogP contribution in [0, 0.1) is 0 Å². The van der Waals surface area contributed by atoms with Gasteiger partial charge in [-0.15, -0.1) is 0 Å². The minimum Gasteiger partial charge on any atom is -0.444 e. The predicted molar refractivity (Wildman–Crippen MR) is 96.3 cm³/mol. The van der Waals surface area contributed by atoms with Crippen molar-refractivity contribution in [3.05, 3.63) is 17.8 Å². The molecule has 1 fully saturated rings. The van der Waals surface area contributed by atoms with E-state index in [1.165, 1.54) is 0 Å². The van der Waals surface area contributed by atoms with Crippen LogP contribution in [0.4, 0.5) is 10.6 Å². The average Bonchev–Trinajstić information content (AvgIpc) is 2.85. The Morgan fingerprint density at radius 3 is 2.85 bits per heavy atom. The first kappa shape index (κ1) is 19.5. The molecule has 0 radical (unpaired) electrons. The summed E-state index contributed by atoms with van der Waals surface area (Å²) in [5, 5.41) is 12.3. The molecule has 0 aromatic carbocycles. The maximum absolute atomic E-state index is 11.8. The topological polar surface area (TPSA) is 114 Å². The summed E-state index contributed by atoms with van der Waals surface area (Å²) in [6.07, 6.45) is 3.84. The van der Waals surface area contributed by atoms with Crippen LogP contribution in [-0.2, 0) is 21.4 Å². The van der Waals surface area contributed by atoms with Crippen molar-refractivity contribution < 1.29 is 19.1 Å². The number of aromatic nitrogens is 2. The van der Waals surface area contributed by atoms with Crippen molar-refractivity contribution in [1.82, 2.24) is 20.4 Å². The number of nitrogens with zero attached hydrogens (tertiary/aromatic N) is 2. The first-order valence-electron chi connectivity index (χ1n) is 8.42. The van der Waals surface area contributed by atoms with E-state index < -0.39 is 17.7 Å². The Bertz CT molecular complexity index is 717. The highest BCUT2D eigenvalue weighted by Gasteiger charge is 2.26. The molecule has 1 aliphatic heterocycles. The number of hydrogen-bond donors (Lipinski definition) is 3. The average molecular weight is 363 g/mol. The highest BCUT2D eigenvalue weighted by Crippen LogP contribution is 2.15. The number of nitrogens with one attached hydrogen (secondary N) is 3. The van der Waals surface area contributed by atoms with E-state index in [9.17, 15) is 14.4 Å². The van der Waals surface area contributed by atoms with Crippen molar-refractivity contribution in [3.8, 4) is 0 Å². The van der Waals surface area contributed by atoms with Crippen molar-refractivity contribution in [3.63, 3.8) is 0 Å². The number of piperidine rings is 1. The van der Waals surface area contributed by atoms with Crippen molar-refractivity contribution in [2.24, 2.45) is 7.05 Å². The van der Waals surface area contributed by atoms with Crippen molar-refractivity contribution in [1.29, 1.82) is 0 Å². The molecule has 3 N–H and O–H groups in total. The lowest BCUT2D eigenvalue weighted by atomic mass is 10.1. The van der Waals surface area contributed by atoms with Gasteiger partial charge < -0.3 is 15.4 Å². The Labute approximate surface area is 152 Å². The SMILES string of the molecule is Cn1nc(NC2CCC(=O)NC2=O)cc1/C=C/CNC(=O)OC(C)(C)C. The number of anilines is 1. The number of carbonyl (C=O) groups is 3. The highest BCUT2D eigenvalue weighted by molar-refractivity contribution is 6.01. The molecule has 9 nitrogen and oxygen atoms in total. The summed E-state index contributed by atoms with van der Waals surface area (Å²) in [5.41, 5.74) is 0.262. The molecule has 1 saturated heterocycles. The minimum atomic E-state index is -0.535. The third-order valence-electron chi connectivity index (χ3n) is 3.53. The van der Waals surface area contributed by atoms with Crippen LogP contribution in [0.3, 0.4) is 0 Å². The molecule has 2 rings (SSSR count). The van der Waals surface area contributed by atoms with Gasteiger partial charge in [-0.2, -0.15) is 5.10 Å². The van der Waals surface area contributed by atoms with E-state index in [1.54, 1.807) is 50.7 Å². The quantitative estimate of drug-likeness (QED) is 0.677. The number of ether oxygens (including phenoxy) is 1. The second-order valence-electron chi connectivity index (χ2n) is 7.01. The Morgan fingerprint density at radius 2 is 2.19 bits per heavy atom. The van der Waals surface area contributed by atoms with Crippen LogP contribution in [0.5, 0.6) is 0 Å². The highest BCUT2D eigenvalue weighted by atomic mass is 16.6. The summed E-state index contributed by atoms with van der Waals surface area (Å²) >= 11 is 0. The minimum absolute atomic E-state index is 0.254. The van der Waals surface area contributed by atoms with Crippen LogP contribution < -0.4 is 16.0 Å². The largest absolute Gasteiger partial charge is 0.444 e. The van der Waals surface area contributed by atoms with Crippen LogP contribution in [0.25, 0.3) is 6.08 Å². The van der Waals surface area contributed by atoms with Gasteiger partial charge >= 0.3 is 6.09 Å². The van der Waals surface area contributed by atoms with Gasteiger partial charge in [-0.3, -0.25) is 19.6 Å². The van der Waals surface area contributed by atoms with E-state index in [4.69, 9.17) is 4.74 Å². The standard InChI is InChI=1S/C17H25N5O4/c1-17(2,3)26-16(25)18-9-5-6-11-10-13(21-22(11)4)19-12-7-8-14(23)20-15(12)24/h5-6,10,12H,7-9H2,1-4H3,(H,18,25)(H,19,21)(H,20,23,24)/b6-5+. The molecule has 0 bridgehead atoms. The maximum atomic E-state index is 11.8. The van der Waals surface area contributed by atoms with Crippen LogP contribution >= 0.6 is 0 Å². The summed E-state index contributed by atoms with van der Waals surface area (Å²) < 4.78 is 6.80. The number of amides is 3. The normalized spacial score (nSPS) is 17.9. The van der Waals surface area contributed by atoms with Crippen molar-refractivity contribution in [2.75, 3.05) is 11.9 Å². The second-order valence-corrected chi connectivity index (χ2v) is 7.01. The fourth-order valence-electron chi connectivity index (χ4n) is 2.35. The fraction of sp³-hybridized carbons (Fsp3) is 0.529. The molecule has 26 heavy (non-hydrogen) atoms. The first-order valence-corrected chi connectivity index (χ1v) is 8.42. The monoisotopic (exact) mass is 363 g/mol. The summed E-state index contributed by atoms with van der Waals surface area (Å²) in [7, 11) is 1.77. The zero-order chi connectivity index (χ0) is 19.3. The molecule has 1 aliphatic rings. The number of imide groups is 1. The van der Waals surface area contributed by atoms with Gasteiger partial charge in [-0.05, 0) is 33.3 Å². The number of carbonyl (C=O) groups excluding carboxylic acids is 3. The molecule has 1 aromatic rings. The first-order chi connectivity index (χ1) is 12.1. The zero-order valence-corrected chi connectivity index (χ0v) is 15.5. The van der Waals surface area contributed by atoms with Crippen LogP contribution in [0.1, 0.15) is 39.3 Å². The van der Waals surface area contributed by atoms with Crippen molar-refractivity contribution in [2.45, 2.75) is 45.3 Å².